The van der Waals surface area contributed by atoms with Crippen molar-refractivity contribution >= 4 is 5.78 Å². The molecule has 0 saturated carbocycles. The van der Waals surface area contributed by atoms with E-state index in [9.17, 15) is 4.79 Å². The summed E-state index contributed by atoms with van der Waals surface area (Å²) in [6.07, 6.45) is 2.66. The summed E-state index contributed by atoms with van der Waals surface area (Å²) in [5.41, 5.74) is 0. The maximum absolute atomic E-state index is 11.3. The molecular formula is C11H23NO2. The Morgan fingerprint density at radius 3 is 2.29 bits per heavy atom. The summed E-state index contributed by atoms with van der Waals surface area (Å²) >= 11 is 0. The smallest absolute Gasteiger partial charge is 0.137 e. The van der Waals surface area contributed by atoms with E-state index in [0.717, 1.165) is 12.8 Å². The van der Waals surface area contributed by atoms with E-state index >= 15 is 0 Å². The summed E-state index contributed by atoms with van der Waals surface area (Å²) in [4.78, 5) is 11.3. The van der Waals surface area contributed by atoms with E-state index in [1.165, 1.54) is 0 Å². The molecule has 0 amide bonds. The molecule has 2 bridgehead atoms. The average molecular weight is 201 g/mol. The highest BCUT2D eigenvalue weighted by Gasteiger charge is 2.50. The Labute approximate surface area is 87.2 Å². The number of nitrogens with one attached hydrogen (secondary N) is 1. The summed E-state index contributed by atoms with van der Waals surface area (Å²) < 4.78 is 5.67. The second-order valence-corrected chi connectivity index (χ2v) is 3.74. The van der Waals surface area contributed by atoms with Gasteiger partial charge in [-0.15, -0.1) is 0 Å². The van der Waals surface area contributed by atoms with Gasteiger partial charge in [-0.25, -0.2) is 0 Å². The molecule has 2 aliphatic heterocycles. The molecule has 4 atom stereocenters. The van der Waals surface area contributed by atoms with Crippen molar-refractivity contribution in [3.05, 3.63) is 0 Å². The molecule has 2 fully saturated rings. The van der Waals surface area contributed by atoms with Crippen molar-refractivity contribution in [1.29, 1.82) is 0 Å². The van der Waals surface area contributed by atoms with Gasteiger partial charge in [0.1, 0.15) is 5.78 Å². The number of hydrogen-bond acceptors (Lipinski definition) is 3. The molecule has 84 valence electrons. The van der Waals surface area contributed by atoms with Crippen LogP contribution in [0.25, 0.3) is 0 Å². The van der Waals surface area contributed by atoms with Crippen LogP contribution < -0.4 is 5.32 Å². The number of ketones is 1. The van der Waals surface area contributed by atoms with Crippen LogP contribution in [0.1, 0.15) is 34.6 Å². The highest BCUT2D eigenvalue weighted by atomic mass is 16.5. The van der Waals surface area contributed by atoms with E-state index in [2.05, 4.69) is 5.32 Å². The van der Waals surface area contributed by atoms with Crippen molar-refractivity contribution in [1.82, 2.24) is 5.32 Å². The molecule has 0 spiro atoms. The third kappa shape index (κ3) is 1.84. The molecule has 0 radical (unpaired) electrons. The standard InChI is InChI=1S/C9H15NO2.2CH4/c1-5(11)8-6-3-4-7(12-6)9(8)10-2;;/h6-10H,3-4H2,1-2H3;2*1H4/t6-,7+,8-,9+;;/m1../s1. The lowest BCUT2D eigenvalue weighted by Gasteiger charge is -2.25. The first-order chi connectivity index (χ1) is 5.74. The monoisotopic (exact) mass is 201 g/mol. The van der Waals surface area contributed by atoms with Gasteiger partial charge in [-0.05, 0) is 26.8 Å². The maximum Gasteiger partial charge on any atom is 0.137 e. The van der Waals surface area contributed by atoms with Crippen LogP contribution in [0.3, 0.4) is 0 Å². The number of ether oxygens (including phenoxy) is 1. The molecule has 14 heavy (non-hydrogen) atoms. The van der Waals surface area contributed by atoms with Gasteiger partial charge in [0.05, 0.1) is 18.1 Å². The Hall–Kier alpha value is -0.410. The van der Waals surface area contributed by atoms with E-state index in [1.807, 2.05) is 7.05 Å². The van der Waals surface area contributed by atoms with Gasteiger partial charge in [-0.2, -0.15) is 0 Å². The van der Waals surface area contributed by atoms with Crippen molar-refractivity contribution in [2.24, 2.45) is 5.92 Å². The zero-order valence-corrected chi connectivity index (χ0v) is 7.54. The third-order valence-corrected chi connectivity index (χ3v) is 3.08. The highest BCUT2D eigenvalue weighted by Crippen LogP contribution is 2.39. The number of carbonyl (C=O) groups excluding carboxylic acids is 1. The fourth-order valence-corrected chi connectivity index (χ4v) is 2.56. The highest BCUT2D eigenvalue weighted by molar-refractivity contribution is 5.80. The Bertz CT molecular complexity index is 205. The summed E-state index contributed by atoms with van der Waals surface area (Å²) in [6, 6.07) is 0.265. The number of fused-ring (bicyclic) bond motifs is 2. The van der Waals surface area contributed by atoms with Gasteiger partial charge in [-0.1, -0.05) is 14.9 Å². The normalized spacial score (nSPS) is 38.7. The van der Waals surface area contributed by atoms with E-state index in [-0.39, 0.29) is 44.8 Å². The minimum absolute atomic E-state index is 0. The van der Waals surface area contributed by atoms with Gasteiger partial charge >= 0.3 is 0 Å². The zero-order chi connectivity index (χ0) is 8.72. The van der Waals surface area contributed by atoms with Crippen molar-refractivity contribution in [2.45, 2.75) is 52.9 Å². The molecule has 0 aromatic heterocycles. The second-order valence-electron chi connectivity index (χ2n) is 3.74. The lowest BCUT2D eigenvalue weighted by molar-refractivity contribution is -0.122. The van der Waals surface area contributed by atoms with Gasteiger partial charge in [0, 0.05) is 6.04 Å². The van der Waals surface area contributed by atoms with E-state index < -0.39 is 0 Å². The lowest BCUT2D eigenvalue weighted by Crippen LogP contribution is -2.45. The topological polar surface area (TPSA) is 38.3 Å². The molecule has 2 rings (SSSR count). The predicted octanol–water partition coefficient (Wildman–Crippen LogP) is 1.61. The van der Waals surface area contributed by atoms with Gasteiger partial charge in [0.15, 0.2) is 0 Å². The molecular weight excluding hydrogens is 178 g/mol. The van der Waals surface area contributed by atoms with Crippen LogP contribution in [0.15, 0.2) is 0 Å². The fraction of sp³-hybridized carbons (Fsp3) is 0.909. The van der Waals surface area contributed by atoms with Crippen LogP contribution in [-0.2, 0) is 9.53 Å². The molecule has 0 unspecified atom stereocenters. The van der Waals surface area contributed by atoms with Gasteiger partial charge in [0.2, 0.25) is 0 Å². The summed E-state index contributed by atoms with van der Waals surface area (Å²) in [6.45, 7) is 1.67. The van der Waals surface area contributed by atoms with Crippen LogP contribution in [-0.4, -0.2) is 31.1 Å². The summed E-state index contributed by atoms with van der Waals surface area (Å²) in [5, 5.41) is 3.18. The molecule has 1 N–H and O–H groups in total. The quantitative estimate of drug-likeness (QED) is 0.737. The van der Waals surface area contributed by atoms with Crippen LogP contribution in [0, 0.1) is 5.92 Å². The first kappa shape index (κ1) is 13.6. The van der Waals surface area contributed by atoms with Crippen molar-refractivity contribution in [2.75, 3.05) is 7.05 Å². The van der Waals surface area contributed by atoms with Crippen molar-refractivity contribution in [3.8, 4) is 0 Å². The van der Waals surface area contributed by atoms with Gasteiger partial charge < -0.3 is 10.1 Å². The molecule has 2 heterocycles. The van der Waals surface area contributed by atoms with Crippen LogP contribution in [0.5, 0.6) is 0 Å². The predicted molar refractivity (Wildman–Crippen MR) is 58.4 cm³/mol. The maximum atomic E-state index is 11.3. The van der Waals surface area contributed by atoms with Crippen LogP contribution in [0.4, 0.5) is 0 Å². The average Bonchev–Trinajstić information content (AvgIpc) is 2.60. The van der Waals surface area contributed by atoms with Crippen molar-refractivity contribution < 1.29 is 9.53 Å². The van der Waals surface area contributed by atoms with Gasteiger partial charge in [-0.3, -0.25) is 4.79 Å². The third-order valence-electron chi connectivity index (χ3n) is 3.08. The molecule has 0 aliphatic carbocycles. The summed E-state index contributed by atoms with van der Waals surface area (Å²) in [7, 11) is 1.91. The minimum atomic E-state index is 0. The summed E-state index contributed by atoms with van der Waals surface area (Å²) in [5.74, 6) is 0.371. The minimum Gasteiger partial charge on any atom is -0.373 e. The van der Waals surface area contributed by atoms with E-state index in [4.69, 9.17) is 4.74 Å². The molecule has 2 saturated heterocycles. The molecule has 3 nitrogen and oxygen atoms in total. The molecule has 3 heteroatoms. The first-order valence-corrected chi connectivity index (χ1v) is 4.57. The van der Waals surface area contributed by atoms with Crippen LogP contribution in [0.2, 0.25) is 0 Å². The Balaban J connectivity index is 0.000000845. The molecule has 0 aromatic rings. The number of carbonyl (C=O) groups is 1. The molecule has 2 aliphatic rings. The fourth-order valence-electron chi connectivity index (χ4n) is 2.56. The Morgan fingerprint density at radius 1 is 1.29 bits per heavy atom. The Morgan fingerprint density at radius 2 is 1.86 bits per heavy atom. The van der Waals surface area contributed by atoms with Crippen LogP contribution >= 0.6 is 0 Å². The first-order valence-electron chi connectivity index (χ1n) is 4.57. The SMILES string of the molecule is C.C.CN[C@@H]1[C@H](C(C)=O)[C@H]2CC[C@@H]1O2. The van der Waals surface area contributed by atoms with E-state index in [0.29, 0.717) is 0 Å². The zero-order valence-electron chi connectivity index (χ0n) is 7.54. The number of Topliss-reactive ketones (excluding diaryl/α,β-unsaturated/α-hetero) is 1. The number of likely N-dealkylation sites (N-methyl/N-ethyl adjacent to an activating group) is 1. The Kier molecular flexibility index (Phi) is 4.75. The number of rotatable bonds is 2. The largest absolute Gasteiger partial charge is 0.373 e. The molecule has 0 aromatic carbocycles. The number of hydrogen-bond donors (Lipinski definition) is 1. The van der Waals surface area contributed by atoms with Gasteiger partial charge in [0.25, 0.3) is 0 Å². The van der Waals surface area contributed by atoms with E-state index in [1.54, 1.807) is 6.92 Å². The second kappa shape index (κ2) is 4.89. The van der Waals surface area contributed by atoms with Crippen molar-refractivity contribution in [3.63, 3.8) is 0 Å². The lowest BCUT2D eigenvalue weighted by atomic mass is 9.82.